The third-order valence-corrected chi connectivity index (χ3v) is 5.29. The van der Waals surface area contributed by atoms with Crippen molar-refractivity contribution in [1.82, 2.24) is 0 Å². The highest BCUT2D eigenvalue weighted by atomic mass is 79.9. The summed E-state index contributed by atoms with van der Waals surface area (Å²) in [6.45, 7) is 0. The first-order valence-electron chi connectivity index (χ1n) is 7.27. The molecule has 0 aliphatic rings. The standard InChI is InChI=1S/C19H11Br2NO2/c20-16-10-15(23-19(16)21)11-22-14-7-5-12(6-8-14)18-9-13-3-1-2-4-17(13)24-18/h1-11H. The fourth-order valence-corrected chi connectivity index (χ4v) is 3.01. The third-order valence-electron chi connectivity index (χ3n) is 3.58. The van der Waals surface area contributed by atoms with Crippen molar-refractivity contribution in [2.45, 2.75) is 0 Å². The molecule has 0 saturated carbocycles. The van der Waals surface area contributed by atoms with Crippen molar-refractivity contribution in [2.24, 2.45) is 4.99 Å². The average Bonchev–Trinajstić information content (AvgIpc) is 3.17. The number of hydrogen-bond donors (Lipinski definition) is 0. The van der Waals surface area contributed by atoms with Gasteiger partial charge in [-0.3, -0.25) is 4.99 Å². The Labute approximate surface area is 155 Å². The number of aliphatic imine (C=N–C) groups is 1. The molecule has 0 fully saturated rings. The zero-order valence-electron chi connectivity index (χ0n) is 12.4. The van der Waals surface area contributed by atoms with Crippen LogP contribution in [-0.2, 0) is 0 Å². The van der Waals surface area contributed by atoms with Crippen LogP contribution >= 0.6 is 31.9 Å². The number of halogens is 2. The van der Waals surface area contributed by atoms with Crippen molar-refractivity contribution >= 4 is 54.7 Å². The SMILES string of the molecule is Brc1cc(C=Nc2ccc(-c3cc4ccccc4o3)cc2)oc1Br. The van der Waals surface area contributed by atoms with Gasteiger partial charge in [-0.2, -0.15) is 0 Å². The number of fused-ring (bicyclic) bond motifs is 1. The van der Waals surface area contributed by atoms with Crippen LogP contribution < -0.4 is 0 Å². The van der Waals surface area contributed by atoms with Crippen molar-refractivity contribution in [3.8, 4) is 11.3 Å². The maximum absolute atomic E-state index is 5.88. The Hall–Kier alpha value is -2.11. The Bertz CT molecular complexity index is 977. The molecule has 0 N–H and O–H groups in total. The van der Waals surface area contributed by atoms with E-state index in [4.69, 9.17) is 8.83 Å². The summed E-state index contributed by atoms with van der Waals surface area (Å²) < 4.78 is 12.9. The van der Waals surface area contributed by atoms with Gasteiger partial charge in [-0.15, -0.1) is 0 Å². The van der Waals surface area contributed by atoms with E-state index in [2.05, 4.69) is 36.9 Å². The van der Waals surface area contributed by atoms with Crippen LogP contribution in [0.25, 0.3) is 22.3 Å². The van der Waals surface area contributed by atoms with Gasteiger partial charge in [0, 0.05) is 17.0 Å². The highest BCUT2D eigenvalue weighted by Gasteiger charge is 2.06. The van der Waals surface area contributed by atoms with E-state index in [0.717, 1.165) is 32.5 Å². The molecule has 0 saturated heterocycles. The Kier molecular flexibility index (Phi) is 4.12. The van der Waals surface area contributed by atoms with E-state index in [0.29, 0.717) is 10.4 Å². The number of rotatable bonds is 3. The number of nitrogens with zero attached hydrogens (tertiary/aromatic N) is 1. The molecule has 0 unspecified atom stereocenters. The molecule has 0 amide bonds. The van der Waals surface area contributed by atoms with Crippen LogP contribution in [0.2, 0.25) is 0 Å². The van der Waals surface area contributed by atoms with Gasteiger partial charge < -0.3 is 8.83 Å². The predicted octanol–water partition coefficient (Wildman–Crippen LogP) is 6.97. The summed E-state index contributed by atoms with van der Waals surface area (Å²) in [4.78, 5) is 4.42. The quantitative estimate of drug-likeness (QED) is 0.320. The maximum atomic E-state index is 5.88. The zero-order valence-corrected chi connectivity index (χ0v) is 15.5. The fourth-order valence-electron chi connectivity index (χ4n) is 2.40. The predicted molar refractivity (Wildman–Crippen MR) is 103 cm³/mol. The molecule has 24 heavy (non-hydrogen) atoms. The molecule has 0 bridgehead atoms. The van der Waals surface area contributed by atoms with E-state index in [9.17, 15) is 0 Å². The number of para-hydroxylation sites is 1. The lowest BCUT2D eigenvalue weighted by molar-refractivity contribution is 0.533. The summed E-state index contributed by atoms with van der Waals surface area (Å²) in [6, 6.07) is 19.8. The maximum Gasteiger partial charge on any atom is 0.184 e. The van der Waals surface area contributed by atoms with E-state index in [1.54, 1.807) is 6.21 Å². The number of furan rings is 2. The Morgan fingerprint density at radius 2 is 1.67 bits per heavy atom. The topological polar surface area (TPSA) is 38.6 Å². The average molecular weight is 445 g/mol. The minimum atomic E-state index is 0.657. The van der Waals surface area contributed by atoms with Gasteiger partial charge >= 0.3 is 0 Å². The molecule has 2 aromatic heterocycles. The summed E-state index contributed by atoms with van der Waals surface area (Å²) in [5, 5.41) is 1.10. The Balaban J connectivity index is 1.58. The summed E-state index contributed by atoms with van der Waals surface area (Å²) >= 11 is 6.69. The molecule has 3 nitrogen and oxygen atoms in total. The van der Waals surface area contributed by atoms with Crippen LogP contribution in [0.1, 0.15) is 5.76 Å². The van der Waals surface area contributed by atoms with Gasteiger partial charge in [-0.05, 0) is 68.3 Å². The zero-order chi connectivity index (χ0) is 16.5. The van der Waals surface area contributed by atoms with Gasteiger partial charge in [-0.1, -0.05) is 18.2 Å². The minimum absolute atomic E-state index is 0.657. The van der Waals surface area contributed by atoms with Gasteiger partial charge in [-0.25, -0.2) is 0 Å². The highest BCUT2D eigenvalue weighted by molar-refractivity contribution is 9.13. The molecule has 4 aromatic rings. The van der Waals surface area contributed by atoms with Crippen LogP contribution in [0, 0.1) is 0 Å². The number of hydrogen-bond acceptors (Lipinski definition) is 3. The molecule has 2 aromatic carbocycles. The van der Waals surface area contributed by atoms with Crippen LogP contribution in [0.3, 0.4) is 0 Å². The fraction of sp³-hybridized carbons (Fsp3) is 0. The van der Waals surface area contributed by atoms with Crippen molar-refractivity contribution in [3.05, 3.63) is 75.6 Å². The minimum Gasteiger partial charge on any atom is -0.456 e. The second-order valence-corrected chi connectivity index (χ2v) is 6.80. The summed E-state index contributed by atoms with van der Waals surface area (Å²) in [7, 11) is 0. The Morgan fingerprint density at radius 3 is 2.38 bits per heavy atom. The van der Waals surface area contributed by atoms with Crippen LogP contribution in [0.4, 0.5) is 5.69 Å². The molecule has 0 atom stereocenters. The van der Waals surface area contributed by atoms with Crippen molar-refractivity contribution < 1.29 is 8.83 Å². The van der Waals surface area contributed by atoms with Gasteiger partial charge in [0.2, 0.25) is 0 Å². The molecule has 4 rings (SSSR count). The van der Waals surface area contributed by atoms with Gasteiger partial charge in [0.05, 0.1) is 16.4 Å². The van der Waals surface area contributed by atoms with Crippen molar-refractivity contribution in [3.63, 3.8) is 0 Å². The lowest BCUT2D eigenvalue weighted by Gasteiger charge is -1.97. The molecule has 0 radical (unpaired) electrons. The second kappa shape index (κ2) is 6.42. The molecule has 5 heteroatoms. The Morgan fingerprint density at radius 1 is 0.875 bits per heavy atom. The normalized spacial score (nSPS) is 11.6. The second-order valence-electron chi connectivity index (χ2n) is 5.22. The summed E-state index contributed by atoms with van der Waals surface area (Å²) in [5.74, 6) is 1.53. The molecule has 0 aliphatic carbocycles. The highest BCUT2D eigenvalue weighted by Crippen LogP contribution is 2.29. The lowest BCUT2D eigenvalue weighted by atomic mass is 10.1. The summed E-state index contributed by atoms with van der Waals surface area (Å²) in [5.41, 5.74) is 2.76. The van der Waals surface area contributed by atoms with Gasteiger partial charge in [0.15, 0.2) is 4.67 Å². The first-order valence-corrected chi connectivity index (χ1v) is 8.85. The van der Waals surface area contributed by atoms with Crippen molar-refractivity contribution in [2.75, 3.05) is 0 Å². The lowest BCUT2D eigenvalue weighted by Crippen LogP contribution is -1.75. The van der Waals surface area contributed by atoms with E-state index in [1.807, 2.05) is 60.7 Å². The van der Waals surface area contributed by atoms with Crippen LogP contribution in [0.15, 0.2) is 83.6 Å². The molecule has 118 valence electrons. The van der Waals surface area contributed by atoms with E-state index < -0.39 is 0 Å². The van der Waals surface area contributed by atoms with Crippen LogP contribution in [0.5, 0.6) is 0 Å². The van der Waals surface area contributed by atoms with Crippen LogP contribution in [-0.4, -0.2) is 6.21 Å². The van der Waals surface area contributed by atoms with Gasteiger partial charge in [0.1, 0.15) is 17.1 Å². The van der Waals surface area contributed by atoms with Crippen molar-refractivity contribution in [1.29, 1.82) is 0 Å². The van der Waals surface area contributed by atoms with E-state index in [-0.39, 0.29) is 0 Å². The smallest absolute Gasteiger partial charge is 0.184 e. The molecular weight excluding hydrogens is 434 g/mol. The van der Waals surface area contributed by atoms with E-state index >= 15 is 0 Å². The third kappa shape index (κ3) is 3.09. The molecule has 0 spiro atoms. The molecule has 0 aliphatic heterocycles. The molecule has 2 heterocycles. The molecular formula is C19H11Br2NO2. The van der Waals surface area contributed by atoms with E-state index in [1.165, 1.54) is 0 Å². The largest absolute Gasteiger partial charge is 0.456 e. The monoisotopic (exact) mass is 443 g/mol. The number of benzene rings is 2. The first-order chi connectivity index (χ1) is 11.7. The van der Waals surface area contributed by atoms with Gasteiger partial charge in [0.25, 0.3) is 0 Å². The summed E-state index contributed by atoms with van der Waals surface area (Å²) in [6.07, 6.45) is 1.69. The first kappa shape index (κ1) is 15.4.